The number of methoxy groups -OCH3 is 1. The Morgan fingerprint density at radius 3 is 2.81 bits per heavy atom. The van der Waals surface area contributed by atoms with Gasteiger partial charge in [-0.1, -0.05) is 6.07 Å². The number of hydrogen-bond acceptors (Lipinski definition) is 4. The van der Waals surface area contributed by atoms with Crippen LogP contribution in [-0.2, 0) is 11.2 Å². The maximum absolute atomic E-state index is 5.65. The van der Waals surface area contributed by atoms with Crippen molar-refractivity contribution in [2.45, 2.75) is 26.2 Å². The van der Waals surface area contributed by atoms with Crippen molar-refractivity contribution in [1.82, 2.24) is 10.2 Å². The van der Waals surface area contributed by atoms with Gasteiger partial charge in [0, 0.05) is 39.7 Å². The first-order chi connectivity index (χ1) is 12.7. The van der Waals surface area contributed by atoms with Crippen molar-refractivity contribution >= 4 is 29.9 Å². The third kappa shape index (κ3) is 7.73. The second-order valence-electron chi connectivity index (χ2n) is 6.61. The maximum Gasteiger partial charge on any atom is 0.193 e. The van der Waals surface area contributed by atoms with Crippen LogP contribution in [0.15, 0.2) is 23.2 Å². The van der Waals surface area contributed by atoms with Crippen molar-refractivity contribution in [3.63, 3.8) is 0 Å². The third-order valence-corrected chi connectivity index (χ3v) is 4.58. The Balaban J connectivity index is 0.00000364. The molecule has 1 saturated heterocycles. The summed E-state index contributed by atoms with van der Waals surface area (Å²) in [6.07, 6.45) is 3.15. The van der Waals surface area contributed by atoms with Gasteiger partial charge in [-0.3, -0.25) is 4.99 Å². The lowest BCUT2D eigenvalue weighted by Gasteiger charge is -2.24. The minimum Gasteiger partial charge on any atom is -0.493 e. The molecule has 1 atom stereocenters. The minimum absolute atomic E-state index is 0. The van der Waals surface area contributed by atoms with Gasteiger partial charge in [0.05, 0.1) is 20.3 Å². The van der Waals surface area contributed by atoms with Crippen LogP contribution in [0.5, 0.6) is 11.5 Å². The molecule has 1 aliphatic rings. The SMILES string of the molecule is CCOc1cc(CCCNC(=NC)N(C)CC2CCOC2)ccc1OC.I. The highest BCUT2D eigenvalue weighted by Gasteiger charge is 2.18. The summed E-state index contributed by atoms with van der Waals surface area (Å²) in [6, 6.07) is 6.15. The van der Waals surface area contributed by atoms with E-state index in [-0.39, 0.29) is 24.0 Å². The van der Waals surface area contributed by atoms with Crippen LogP contribution in [0.3, 0.4) is 0 Å². The average molecular weight is 491 g/mol. The largest absolute Gasteiger partial charge is 0.493 e. The van der Waals surface area contributed by atoms with Gasteiger partial charge in [-0.05, 0) is 43.9 Å². The molecule has 1 N–H and O–H groups in total. The third-order valence-electron chi connectivity index (χ3n) is 4.58. The summed E-state index contributed by atoms with van der Waals surface area (Å²) in [5, 5.41) is 3.45. The van der Waals surface area contributed by atoms with Crippen LogP contribution in [0.1, 0.15) is 25.3 Å². The molecule has 0 spiro atoms. The molecule has 0 amide bonds. The summed E-state index contributed by atoms with van der Waals surface area (Å²) in [5.41, 5.74) is 1.25. The van der Waals surface area contributed by atoms with Gasteiger partial charge >= 0.3 is 0 Å². The van der Waals surface area contributed by atoms with Gasteiger partial charge in [0.2, 0.25) is 0 Å². The molecule has 1 unspecified atom stereocenters. The van der Waals surface area contributed by atoms with Gasteiger partial charge in [0.25, 0.3) is 0 Å². The van der Waals surface area contributed by atoms with E-state index in [1.807, 2.05) is 20.0 Å². The second-order valence-corrected chi connectivity index (χ2v) is 6.61. The van der Waals surface area contributed by atoms with Gasteiger partial charge < -0.3 is 24.4 Å². The number of guanidine groups is 1. The molecule has 0 saturated carbocycles. The molecule has 6 nitrogen and oxygen atoms in total. The molecule has 7 heteroatoms. The van der Waals surface area contributed by atoms with Crippen LogP contribution in [0, 0.1) is 5.92 Å². The van der Waals surface area contributed by atoms with E-state index in [1.54, 1.807) is 7.11 Å². The van der Waals surface area contributed by atoms with Crippen molar-refractivity contribution in [2.24, 2.45) is 10.9 Å². The molecule has 2 rings (SSSR count). The normalized spacial score (nSPS) is 16.6. The smallest absolute Gasteiger partial charge is 0.193 e. The zero-order valence-electron chi connectivity index (χ0n) is 17.0. The first-order valence-corrected chi connectivity index (χ1v) is 9.47. The van der Waals surface area contributed by atoms with Gasteiger partial charge in [0.15, 0.2) is 17.5 Å². The molecular weight excluding hydrogens is 457 g/mol. The molecule has 0 radical (unpaired) electrons. The fourth-order valence-electron chi connectivity index (χ4n) is 3.22. The van der Waals surface area contributed by atoms with Crippen LogP contribution in [0.2, 0.25) is 0 Å². The lowest BCUT2D eigenvalue weighted by Crippen LogP contribution is -2.41. The summed E-state index contributed by atoms with van der Waals surface area (Å²) in [6.45, 7) is 6.23. The Morgan fingerprint density at radius 2 is 2.19 bits per heavy atom. The van der Waals surface area contributed by atoms with Crippen molar-refractivity contribution in [2.75, 3.05) is 54.1 Å². The first-order valence-electron chi connectivity index (χ1n) is 9.47. The number of nitrogens with one attached hydrogen (secondary N) is 1. The molecule has 0 aromatic heterocycles. The van der Waals surface area contributed by atoms with E-state index in [2.05, 4.69) is 34.4 Å². The maximum atomic E-state index is 5.65. The number of ether oxygens (including phenoxy) is 3. The van der Waals surface area contributed by atoms with Crippen LogP contribution in [-0.4, -0.2) is 65.0 Å². The molecule has 0 bridgehead atoms. The number of halogens is 1. The monoisotopic (exact) mass is 491 g/mol. The number of aliphatic imine (C=N–C) groups is 1. The van der Waals surface area contributed by atoms with E-state index in [4.69, 9.17) is 14.2 Å². The van der Waals surface area contributed by atoms with Crippen LogP contribution < -0.4 is 14.8 Å². The molecule has 1 aromatic carbocycles. The van der Waals surface area contributed by atoms with Crippen LogP contribution >= 0.6 is 24.0 Å². The lowest BCUT2D eigenvalue weighted by atomic mass is 10.1. The minimum atomic E-state index is 0. The van der Waals surface area contributed by atoms with Crippen LogP contribution in [0.25, 0.3) is 0 Å². The Labute approximate surface area is 180 Å². The summed E-state index contributed by atoms with van der Waals surface area (Å²) in [7, 11) is 5.59. The highest BCUT2D eigenvalue weighted by atomic mass is 127. The van der Waals surface area contributed by atoms with E-state index in [0.717, 1.165) is 63.0 Å². The standard InChI is InChI=1S/C20H33N3O3.HI/c1-5-26-19-13-16(8-9-18(19)24-4)7-6-11-22-20(21-2)23(3)14-17-10-12-25-15-17;/h8-9,13,17H,5-7,10-12,14-15H2,1-4H3,(H,21,22);1H. The van der Waals surface area contributed by atoms with Crippen molar-refractivity contribution in [1.29, 1.82) is 0 Å². The number of rotatable bonds is 9. The van der Waals surface area contributed by atoms with Crippen molar-refractivity contribution in [3.05, 3.63) is 23.8 Å². The predicted octanol–water partition coefficient (Wildman–Crippen LogP) is 3.19. The quantitative estimate of drug-likeness (QED) is 0.249. The highest BCUT2D eigenvalue weighted by molar-refractivity contribution is 14.0. The first kappa shape index (κ1) is 23.8. The highest BCUT2D eigenvalue weighted by Crippen LogP contribution is 2.28. The van der Waals surface area contributed by atoms with E-state index >= 15 is 0 Å². The van der Waals surface area contributed by atoms with E-state index in [0.29, 0.717) is 12.5 Å². The Morgan fingerprint density at radius 1 is 1.37 bits per heavy atom. The Kier molecular flexibility index (Phi) is 11.5. The van der Waals surface area contributed by atoms with Gasteiger partial charge in [-0.2, -0.15) is 0 Å². The summed E-state index contributed by atoms with van der Waals surface area (Å²) in [4.78, 5) is 6.58. The molecular formula is C20H34IN3O3. The van der Waals surface area contributed by atoms with Crippen molar-refractivity contribution < 1.29 is 14.2 Å². The average Bonchev–Trinajstić information content (AvgIpc) is 3.15. The van der Waals surface area contributed by atoms with E-state index in [1.165, 1.54) is 5.56 Å². The molecule has 1 fully saturated rings. The Hall–Kier alpha value is -1.22. The zero-order chi connectivity index (χ0) is 18.8. The molecule has 1 heterocycles. The number of aryl methyl sites for hydroxylation is 1. The zero-order valence-corrected chi connectivity index (χ0v) is 19.3. The van der Waals surface area contributed by atoms with E-state index < -0.39 is 0 Å². The van der Waals surface area contributed by atoms with Gasteiger partial charge in [-0.25, -0.2) is 0 Å². The second kappa shape index (κ2) is 13.0. The van der Waals surface area contributed by atoms with Gasteiger partial charge in [0.1, 0.15) is 0 Å². The summed E-state index contributed by atoms with van der Waals surface area (Å²) in [5.74, 6) is 3.15. The Bertz CT molecular complexity index is 578. The summed E-state index contributed by atoms with van der Waals surface area (Å²) < 4.78 is 16.4. The molecule has 0 aliphatic carbocycles. The fourth-order valence-corrected chi connectivity index (χ4v) is 3.22. The summed E-state index contributed by atoms with van der Waals surface area (Å²) >= 11 is 0. The number of benzene rings is 1. The fraction of sp³-hybridized carbons (Fsp3) is 0.650. The molecule has 27 heavy (non-hydrogen) atoms. The van der Waals surface area contributed by atoms with Gasteiger partial charge in [-0.15, -0.1) is 24.0 Å². The lowest BCUT2D eigenvalue weighted by molar-refractivity contribution is 0.181. The topological polar surface area (TPSA) is 55.3 Å². The molecule has 1 aromatic rings. The predicted molar refractivity (Wildman–Crippen MR) is 121 cm³/mol. The molecule has 154 valence electrons. The van der Waals surface area contributed by atoms with E-state index in [9.17, 15) is 0 Å². The number of nitrogens with zero attached hydrogens (tertiary/aromatic N) is 2. The van der Waals surface area contributed by atoms with Crippen molar-refractivity contribution in [3.8, 4) is 11.5 Å². The van der Waals surface area contributed by atoms with Crippen LogP contribution in [0.4, 0.5) is 0 Å². The molecule has 1 aliphatic heterocycles. The number of hydrogen-bond donors (Lipinski definition) is 1.